The summed E-state index contributed by atoms with van der Waals surface area (Å²) in [5.41, 5.74) is 0. The van der Waals surface area contributed by atoms with Crippen molar-refractivity contribution in [2.45, 2.75) is 12.7 Å². The lowest BCUT2D eigenvalue weighted by Gasteiger charge is -2.19. The molecule has 0 aliphatic heterocycles. The summed E-state index contributed by atoms with van der Waals surface area (Å²) >= 11 is 0. The van der Waals surface area contributed by atoms with E-state index in [0.29, 0.717) is 5.75 Å². The van der Waals surface area contributed by atoms with Gasteiger partial charge in [0.2, 0.25) is 0 Å². The van der Waals surface area contributed by atoms with Crippen molar-refractivity contribution in [1.29, 1.82) is 0 Å². The van der Waals surface area contributed by atoms with Crippen molar-refractivity contribution < 1.29 is 30.0 Å². The Bertz CT molecular complexity index is 541. The van der Waals surface area contributed by atoms with Crippen molar-refractivity contribution in [2.24, 2.45) is 0 Å². The number of benzene rings is 2. The van der Waals surface area contributed by atoms with Crippen LogP contribution in [0.2, 0.25) is 0 Å². The number of rotatable bonds is 3. The molecule has 0 bridgehead atoms. The highest BCUT2D eigenvalue weighted by atomic mass is 16.6. The van der Waals surface area contributed by atoms with Gasteiger partial charge in [0, 0.05) is 6.92 Å². The molecule has 112 valence electrons. The molecule has 21 heavy (non-hydrogen) atoms. The van der Waals surface area contributed by atoms with Crippen LogP contribution in [0, 0.1) is 0 Å². The highest BCUT2D eigenvalue weighted by molar-refractivity contribution is 5.75. The van der Waals surface area contributed by atoms with E-state index in [1.54, 1.807) is 30.3 Å². The molecule has 0 aliphatic carbocycles. The van der Waals surface area contributed by atoms with E-state index in [1.165, 1.54) is 24.3 Å². The number of aromatic hydroxyl groups is 2. The molecule has 0 aliphatic rings. The van der Waals surface area contributed by atoms with Gasteiger partial charge in [-0.1, -0.05) is 18.2 Å². The van der Waals surface area contributed by atoms with Gasteiger partial charge in [-0.2, -0.15) is 0 Å². The molecule has 0 spiro atoms. The Morgan fingerprint density at radius 2 is 1.38 bits per heavy atom. The molecule has 0 radical (unpaired) electrons. The summed E-state index contributed by atoms with van der Waals surface area (Å²) in [5.74, 6) is -2.95. The second-order valence-electron chi connectivity index (χ2n) is 4.22. The lowest BCUT2D eigenvalue weighted by molar-refractivity contribution is -0.188. The molecule has 6 nitrogen and oxygen atoms in total. The van der Waals surface area contributed by atoms with Crippen molar-refractivity contribution in [1.82, 2.24) is 0 Å². The highest BCUT2D eigenvalue weighted by Crippen LogP contribution is 2.15. The third-order valence-corrected chi connectivity index (χ3v) is 2.31. The average molecular weight is 292 g/mol. The van der Waals surface area contributed by atoms with Gasteiger partial charge in [-0.25, -0.2) is 4.79 Å². The SMILES string of the molecule is CC(O)(Oc1ccccc1)C(=O)O.Oc1ccc(O)cc1. The zero-order chi connectivity index (χ0) is 15.9. The van der Waals surface area contributed by atoms with E-state index in [2.05, 4.69) is 0 Å². The number of ether oxygens (including phenoxy) is 1. The summed E-state index contributed by atoms with van der Waals surface area (Å²) in [5, 5.41) is 35.0. The summed E-state index contributed by atoms with van der Waals surface area (Å²) < 4.78 is 4.82. The first-order chi connectivity index (χ1) is 9.81. The number of hydrogen-bond acceptors (Lipinski definition) is 5. The molecule has 2 rings (SSSR count). The number of aliphatic hydroxyl groups is 1. The maximum Gasteiger partial charge on any atom is 0.376 e. The quantitative estimate of drug-likeness (QED) is 0.509. The van der Waals surface area contributed by atoms with Crippen molar-refractivity contribution >= 4 is 5.97 Å². The molecule has 0 heterocycles. The summed E-state index contributed by atoms with van der Waals surface area (Å²) in [6, 6.07) is 14.0. The van der Waals surface area contributed by atoms with E-state index < -0.39 is 11.8 Å². The van der Waals surface area contributed by atoms with E-state index in [1.807, 2.05) is 0 Å². The Hall–Kier alpha value is -2.73. The molecular formula is C15H16O6. The van der Waals surface area contributed by atoms with Crippen LogP contribution in [0.25, 0.3) is 0 Å². The Morgan fingerprint density at radius 1 is 0.952 bits per heavy atom. The summed E-state index contributed by atoms with van der Waals surface area (Å²) in [6.45, 7) is 1.07. The summed E-state index contributed by atoms with van der Waals surface area (Å²) in [7, 11) is 0. The molecule has 0 aromatic heterocycles. The van der Waals surface area contributed by atoms with Crippen molar-refractivity contribution in [2.75, 3.05) is 0 Å². The molecule has 2 aromatic rings. The first-order valence-corrected chi connectivity index (χ1v) is 5.99. The second-order valence-corrected chi connectivity index (χ2v) is 4.22. The van der Waals surface area contributed by atoms with Crippen LogP contribution in [0.15, 0.2) is 54.6 Å². The number of aliphatic carboxylic acids is 1. The molecule has 1 atom stereocenters. The zero-order valence-electron chi connectivity index (χ0n) is 11.3. The second kappa shape index (κ2) is 7.16. The number of phenols is 2. The van der Waals surface area contributed by atoms with Crippen LogP contribution in [0.4, 0.5) is 0 Å². The van der Waals surface area contributed by atoms with E-state index in [-0.39, 0.29) is 11.5 Å². The minimum atomic E-state index is -2.18. The Balaban J connectivity index is 0.000000235. The van der Waals surface area contributed by atoms with Gasteiger partial charge < -0.3 is 25.2 Å². The fourth-order valence-corrected chi connectivity index (χ4v) is 1.21. The molecule has 6 heteroatoms. The molecule has 0 saturated carbocycles. The molecule has 4 N–H and O–H groups in total. The predicted molar refractivity (Wildman–Crippen MR) is 75.1 cm³/mol. The van der Waals surface area contributed by atoms with Crippen LogP contribution in [0.3, 0.4) is 0 Å². The van der Waals surface area contributed by atoms with Crippen molar-refractivity contribution in [3.05, 3.63) is 54.6 Å². The van der Waals surface area contributed by atoms with Gasteiger partial charge >= 0.3 is 11.8 Å². The van der Waals surface area contributed by atoms with E-state index in [0.717, 1.165) is 6.92 Å². The minimum absolute atomic E-state index is 0.169. The van der Waals surface area contributed by atoms with Crippen molar-refractivity contribution in [3.63, 3.8) is 0 Å². The predicted octanol–water partition coefficient (Wildman–Crippen LogP) is 1.96. The van der Waals surface area contributed by atoms with Crippen molar-refractivity contribution in [3.8, 4) is 17.2 Å². The highest BCUT2D eigenvalue weighted by Gasteiger charge is 2.32. The topological polar surface area (TPSA) is 107 Å². The molecule has 0 amide bonds. The summed E-state index contributed by atoms with van der Waals surface area (Å²) in [6.07, 6.45) is 0. The third-order valence-electron chi connectivity index (χ3n) is 2.31. The largest absolute Gasteiger partial charge is 0.508 e. The molecule has 0 saturated heterocycles. The number of carboxylic acids is 1. The fourth-order valence-electron chi connectivity index (χ4n) is 1.21. The minimum Gasteiger partial charge on any atom is -0.508 e. The Kier molecular flexibility index (Phi) is 5.57. The van der Waals surface area contributed by atoms with Crippen LogP contribution in [0.5, 0.6) is 17.2 Å². The fraction of sp³-hybridized carbons (Fsp3) is 0.133. The Morgan fingerprint density at radius 3 is 1.76 bits per heavy atom. The van der Waals surface area contributed by atoms with Gasteiger partial charge in [0.25, 0.3) is 0 Å². The first kappa shape index (κ1) is 16.3. The molecular weight excluding hydrogens is 276 g/mol. The van der Waals surface area contributed by atoms with Crippen LogP contribution in [-0.4, -0.2) is 32.2 Å². The normalized spacial score (nSPS) is 12.5. The van der Waals surface area contributed by atoms with E-state index >= 15 is 0 Å². The van der Waals surface area contributed by atoms with Crippen LogP contribution in [-0.2, 0) is 4.79 Å². The third kappa shape index (κ3) is 5.84. The number of phenolic OH excluding ortho intramolecular Hbond substituents is 2. The van der Waals surface area contributed by atoms with E-state index in [9.17, 15) is 9.90 Å². The maximum absolute atomic E-state index is 10.5. The lowest BCUT2D eigenvalue weighted by Crippen LogP contribution is -2.41. The van der Waals surface area contributed by atoms with Gasteiger partial charge in [0.05, 0.1) is 0 Å². The zero-order valence-corrected chi connectivity index (χ0v) is 11.3. The van der Waals surface area contributed by atoms with Gasteiger partial charge in [0.1, 0.15) is 17.2 Å². The molecule has 0 fully saturated rings. The van der Waals surface area contributed by atoms with Crippen LogP contribution < -0.4 is 4.74 Å². The van der Waals surface area contributed by atoms with Gasteiger partial charge in [-0.3, -0.25) is 0 Å². The summed E-state index contributed by atoms with van der Waals surface area (Å²) in [4.78, 5) is 10.5. The maximum atomic E-state index is 10.5. The number of carbonyl (C=O) groups is 1. The van der Waals surface area contributed by atoms with Gasteiger partial charge in [0.15, 0.2) is 0 Å². The molecule has 1 unspecified atom stereocenters. The van der Waals surface area contributed by atoms with Gasteiger partial charge in [-0.15, -0.1) is 0 Å². The van der Waals surface area contributed by atoms with Crippen LogP contribution in [0.1, 0.15) is 6.92 Å². The smallest absolute Gasteiger partial charge is 0.376 e. The number of para-hydroxylation sites is 1. The van der Waals surface area contributed by atoms with E-state index in [4.69, 9.17) is 20.1 Å². The monoisotopic (exact) mass is 292 g/mol. The standard InChI is InChI=1S/C9H10O4.C6H6O2/c1-9(12,8(10)11)13-7-5-3-2-4-6-7;7-5-1-2-6(8)4-3-5/h2-6,12H,1H3,(H,10,11);1-4,7-8H. The number of carboxylic acid groups (broad SMARTS) is 1. The average Bonchev–Trinajstić information content (AvgIpc) is 2.43. The Labute approximate surface area is 121 Å². The number of hydrogen-bond donors (Lipinski definition) is 4. The van der Waals surface area contributed by atoms with Crippen LogP contribution >= 0.6 is 0 Å². The lowest BCUT2D eigenvalue weighted by atomic mass is 10.3. The first-order valence-electron chi connectivity index (χ1n) is 5.99. The van der Waals surface area contributed by atoms with Gasteiger partial charge in [-0.05, 0) is 36.4 Å². The molecule has 2 aromatic carbocycles.